The minimum atomic E-state index is -4.18. The zero-order valence-corrected chi connectivity index (χ0v) is 17.4. The largest absolute Gasteiger partial charge is 0.391 e. The van der Waals surface area contributed by atoms with Crippen molar-refractivity contribution in [3.63, 3.8) is 0 Å². The first-order valence-corrected chi connectivity index (χ1v) is 10.6. The summed E-state index contributed by atoms with van der Waals surface area (Å²) < 4.78 is 38.6. The van der Waals surface area contributed by atoms with Crippen LogP contribution in [0.4, 0.5) is 19.0 Å². The maximum absolute atomic E-state index is 12.9. The second-order valence-electron chi connectivity index (χ2n) is 8.54. The standard InChI is InChI=1S/C21H28F3N5O/c1-14(2)27-7-9-28(10-8-27)19-12-15-11-17(26-18(15)13-25-19)20(30)29-5-3-16(4-6-29)21(22,23)24/h11-14,16,26H,3-10H2,1-2H3. The summed E-state index contributed by atoms with van der Waals surface area (Å²) in [6, 6.07) is 4.29. The van der Waals surface area contributed by atoms with Gasteiger partial charge in [0.1, 0.15) is 11.5 Å². The zero-order chi connectivity index (χ0) is 21.5. The maximum Gasteiger partial charge on any atom is 0.391 e. The number of likely N-dealkylation sites (tertiary alicyclic amines) is 1. The van der Waals surface area contributed by atoms with Crippen molar-refractivity contribution in [3.05, 3.63) is 24.0 Å². The van der Waals surface area contributed by atoms with Crippen molar-refractivity contribution in [2.24, 2.45) is 5.92 Å². The van der Waals surface area contributed by atoms with E-state index < -0.39 is 12.1 Å². The second kappa shape index (κ2) is 8.09. The lowest BCUT2D eigenvalue weighted by atomic mass is 9.96. The summed E-state index contributed by atoms with van der Waals surface area (Å²) in [5.41, 5.74) is 1.16. The van der Waals surface area contributed by atoms with Crippen molar-refractivity contribution in [2.45, 2.75) is 38.9 Å². The third-order valence-electron chi connectivity index (χ3n) is 6.33. The number of anilines is 1. The summed E-state index contributed by atoms with van der Waals surface area (Å²) in [5, 5.41) is 0.889. The number of pyridine rings is 1. The van der Waals surface area contributed by atoms with Crippen molar-refractivity contribution in [1.29, 1.82) is 0 Å². The number of hydrogen-bond donors (Lipinski definition) is 1. The Hall–Kier alpha value is -2.29. The molecular formula is C21H28F3N5O. The van der Waals surface area contributed by atoms with Crippen LogP contribution in [-0.4, -0.2) is 77.2 Å². The molecule has 0 aromatic carbocycles. The number of nitrogens with zero attached hydrogens (tertiary/aromatic N) is 4. The van der Waals surface area contributed by atoms with Crippen LogP contribution in [-0.2, 0) is 0 Å². The third-order valence-corrected chi connectivity index (χ3v) is 6.33. The molecule has 0 spiro atoms. The molecule has 164 valence electrons. The van der Waals surface area contributed by atoms with E-state index in [1.807, 2.05) is 6.07 Å². The smallest absolute Gasteiger partial charge is 0.354 e. The molecule has 0 atom stereocenters. The number of hydrogen-bond acceptors (Lipinski definition) is 4. The molecule has 2 fully saturated rings. The highest BCUT2D eigenvalue weighted by molar-refractivity contribution is 5.98. The molecule has 9 heteroatoms. The van der Waals surface area contributed by atoms with Crippen LogP contribution in [0.3, 0.4) is 0 Å². The van der Waals surface area contributed by atoms with E-state index >= 15 is 0 Å². The van der Waals surface area contributed by atoms with E-state index in [1.165, 1.54) is 4.90 Å². The molecular weight excluding hydrogens is 395 g/mol. The average Bonchev–Trinajstić information content (AvgIpc) is 3.16. The molecule has 0 aliphatic carbocycles. The summed E-state index contributed by atoms with van der Waals surface area (Å²) in [5.74, 6) is -0.680. The van der Waals surface area contributed by atoms with Crippen molar-refractivity contribution in [2.75, 3.05) is 44.2 Å². The van der Waals surface area contributed by atoms with Gasteiger partial charge in [-0.25, -0.2) is 4.98 Å². The van der Waals surface area contributed by atoms with E-state index in [2.05, 4.69) is 33.6 Å². The SMILES string of the molecule is CC(C)N1CCN(c2cc3cc(C(=O)N4CCC(C(F)(F)F)CC4)[nH]c3cn2)CC1. The van der Waals surface area contributed by atoms with Crippen LogP contribution >= 0.6 is 0 Å². The number of carbonyl (C=O) groups is 1. The highest BCUT2D eigenvalue weighted by Crippen LogP contribution is 2.34. The molecule has 2 aliphatic heterocycles. The summed E-state index contributed by atoms with van der Waals surface area (Å²) in [7, 11) is 0. The van der Waals surface area contributed by atoms with Crippen molar-refractivity contribution in [3.8, 4) is 0 Å². The Bertz CT molecular complexity index is 894. The lowest BCUT2D eigenvalue weighted by Crippen LogP contribution is -2.49. The van der Waals surface area contributed by atoms with E-state index in [0.29, 0.717) is 11.7 Å². The number of nitrogens with one attached hydrogen (secondary N) is 1. The molecule has 2 aromatic heterocycles. The van der Waals surface area contributed by atoms with Crippen LogP contribution in [0.1, 0.15) is 37.2 Å². The van der Waals surface area contributed by atoms with Gasteiger partial charge in [0.15, 0.2) is 0 Å². The summed E-state index contributed by atoms with van der Waals surface area (Å²) >= 11 is 0. The molecule has 6 nitrogen and oxygen atoms in total. The Balaban J connectivity index is 1.43. The van der Waals surface area contributed by atoms with E-state index in [9.17, 15) is 18.0 Å². The van der Waals surface area contributed by atoms with Gasteiger partial charge in [-0.1, -0.05) is 0 Å². The Morgan fingerprint density at radius 2 is 1.77 bits per heavy atom. The van der Waals surface area contributed by atoms with Crippen LogP contribution in [0.15, 0.2) is 18.3 Å². The highest BCUT2D eigenvalue weighted by Gasteiger charge is 2.41. The number of fused-ring (bicyclic) bond motifs is 1. The Morgan fingerprint density at radius 1 is 1.10 bits per heavy atom. The number of aromatic nitrogens is 2. The van der Waals surface area contributed by atoms with Crippen molar-refractivity contribution in [1.82, 2.24) is 19.8 Å². The van der Waals surface area contributed by atoms with Gasteiger partial charge in [0.2, 0.25) is 0 Å². The molecule has 2 aliphatic rings. The van der Waals surface area contributed by atoms with Gasteiger partial charge in [-0.05, 0) is 38.8 Å². The van der Waals surface area contributed by atoms with Gasteiger partial charge in [0.25, 0.3) is 5.91 Å². The fourth-order valence-corrected chi connectivity index (χ4v) is 4.36. The first-order chi connectivity index (χ1) is 14.2. The number of rotatable bonds is 3. The number of halogens is 3. The number of aromatic amines is 1. The van der Waals surface area contributed by atoms with E-state index in [1.54, 1.807) is 12.3 Å². The molecule has 0 bridgehead atoms. The number of piperazine rings is 1. The zero-order valence-electron chi connectivity index (χ0n) is 17.4. The number of H-pyrrole nitrogens is 1. The van der Waals surface area contributed by atoms with Crippen LogP contribution < -0.4 is 4.90 Å². The predicted octanol–water partition coefficient (Wildman–Crippen LogP) is 3.51. The van der Waals surface area contributed by atoms with Gasteiger partial charge in [-0.2, -0.15) is 13.2 Å². The fraction of sp³-hybridized carbons (Fsp3) is 0.619. The molecule has 30 heavy (non-hydrogen) atoms. The number of alkyl halides is 3. The first kappa shape index (κ1) is 21.0. The normalized spacial score (nSPS) is 19.8. The summed E-state index contributed by atoms with van der Waals surface area (Å²) in [6.45, 7) is 8.43. The minimum Gasteiger partial charge on any atom is -0.354 e. The Morgan fingerprint density at radius 3 is 2.37 bits per heavy atom. The molecule has 4 heterocycles. The Labute approximate surface area is 174 Å². The lowest BCUT2D eigenvalue weighted by molar-refractivity contribution is -0.183. The van der Waals surface area contributed by atoms with Crippen LogP contribution in [0, 0.1) is 5.92 Å². The summed E-state index contributed by atoms with van der Waals surface area (Å²) in [6.07, 6.45) is -2.53. The molecule has 0 unspecified atom stereocenters. The number of amides is 1. The lowest BCUT2D eigenvalue weighted by Gasteiger charge is -2.37. The second-order valence-corrected chi connectivity index (χ2v) is 8.54. The molecule has 4 rings (SSSR count). The van der Waals surface area contributed by atoms with Gasteiger partial charge in [-0.15, -0.1) is 0 Å². The van der Waals surface area contributed by atoms with E-state index in [0.717, 1.165) is 42.9 Å². The van der Waals surface area contributed by atoms with Gasteiger partial charge in [0, 0.05) is 50.7 Å². The van der Waals surface area contributed by atoms with E-state index in [-0.39, 0.29) is 31.8 Å². The van der Waals surface area contributed by atoms with Crippen molar-refractivity contribution >= 4 is 22.6 Å². The van der Waals surface area contributed by atoms with Gasteiger partial charge < -0.3 is 14.8 Å². The molecule has 1 N–H and O–H groups in total. The van der Waals surface area contributed by atoms with E-state index in [4.69, 9.17) is 0 Å². The summed E-state index contributed by atoms with van der Waals surface area (Å²) in [4.78, 5) is 26.6. The van der Waals surface area contributed by atoms with Gasteiger partial charge in [0.05, 0.1) is 17.6 Å². The molecule has 1 amide bonds. The molecule has 0 saturated carbocycles. The predicted molar refractivity (Wildman–Crippen MR) is 110 cm³/mol. The average molecular weight is 423 g/mol. The molecule has 2 saturated heterocycles. The topological polar surface area (TPSA) is 55.5 Å². The maximum atomic E-state index is 12.9. The van der Waals surface area contributed by atoms with Crippen molar-refractivity contribution < 1.29 is 18.0 Å². The van der Waals surface area contributed by atoms with Gasteiger partial charge >= 0.3 is 6.18 Å². The Kier molecular flexibility index (Phi) is 5.65. The quantitative estimate of drug-likeness (QED) is 0.821. The van der Waals surface area contributed by atoms with Crippen LogP contribution in [0.25, 0.3) is 10.9 Å². The number of carbonyl (C=O) groups excluding carboxylic acids is 1. The number of piperidine rings is 1. The van der Waals surface area contributed by atoms with Crippen LogP contribution in [0.5, 0.6) is 0 Å². The van der Waals surface area contributed by atoms with Crippen LogP contribution in [0.2, 0.25) is 0 Å². The molecule has 2 aromatic rings. The highest BCUT2D eigenvalue weighted by atomic mass is 19.4. The fourth-order valence-electron chi connectivity index (χ4n) is 4.36. The minimum absolute atomic E-state index is 0.0382. The first-order valence-electron chi connectivity index (χ1n) is 10.6. The molecule has 0 radical (unpaired) electrons. The van der Waals surface area contributed by atoms with Gasteiger partial charge in [-0.3, -0.25) is 9.69 Å². The monoisotopic (exact) mass is 423 g/mol. The third kappa shape index (κ3) is 4.26.